The maximum absolute atomic E-state index is 12.4. The lowest BCUT2D eigenvalue weighted by Gasteiger charge is -2.37. The van der Waals surface area contributed by atoms with Crippen LogP contribution in [0.15, 0.2) is 0 Å². The van der Waals surface area contributed by atoms with Gasteiger partial charge in [0.05, 0.1) is 6.04 Å². The summed E-state index contributed by atoms with van der Waals surface area (Å²) in [5.41, 5.74) is -0.876. The fourth-order valence-corrected chi connectivity index (χ4v) is 1.98. The molecule has 0 saturated heterocycles. The van der Waals surface area contributed by atoms with Gasteiger partial charge in [-0.05, 0) is 55.4 Å². The molecule has 0 bridgehead atoms. The fourth-order valence-electron chi connectivity index (χ4n) is 1.98. The van der Waals surface area contributed by atoms with Gasteiger partial charge in [0.15, 0.2) is 0 Å². The highest BCUT2D eigenvalue weighted by atomic mass is 16.6. The maximum Gasteiger partial charge on any atom is 0.410 e. The Morgan fingerprint density at radius 1 is 1.13 bits per heavy atom. The van der Waals surface area contributed by atoms with Crippen LogP contribution < -0.4 is 5.32 Å². The normalized spacial score (nSPS) is 13.4. The molecule has 0 rings (SSSR count). The third-order valence-electron chi connectivity index (χ3n) is 3.43. The largest absolute Gasteiger partial charge is 0.444 e. The molecule has 23 heavy (non-hydrogen) atoms. The summed E-state index contributed by atoms with van der Waals surface area (Å²) in [5, 5.41) is 3.18. The van der Waals surface area contributed by atoms with E-state index in [-0.39, 0.29) is 23.6 Å². The number of ether oxygens (including phenoxy) is 1. The van der Waals surface area contributed by atoms with E-state index in [0.717, 1.165) is 0 Å². The third kappa shape index (κ3) is 8.21. The SMILES string of the molecule is CCN(C)C(=O)C(C)NCCN(C(=O)OC(C)(C)C)C(C)(C)C. The van der Waals surface area contributed by atoms with Gasteiger partial charge in [0.1, 0.15) is 5.60 Å². The number of carbonyl (C=O) groups excluding carboxylic acids is 2. The highest BCUT2D eigenvalue weighted by Crippen LogP contribution is 2.17. The van der Waals surface area contributed by atoms with Crippen LogP contribution in [0.2, 0.25) is 0 Å². The number of hydrogen-bond acceptors (Lipinski definition) is 4. The van der Waals surface area contributed by atoms with Crippen LogP contribution in [0.5, 0.6) is 0 Å². The van der Waals surface area contributed by atoms with Crippen molar-refractivity contribution < 1.29 is 14.3 Å². The topological polar surface area (TPSA) is 61.9 Å². The molecular formula is C17H35N3O3. The molecule has 2 amide bonds. The first kappa shape index (κ1) is 21.7. The molecule has 0 fully saturated rings. The molecule has 0 radical (unpaired) electrons. The summed E-state index contributed by atoms with van der Waals surface area (Å²) in [6, 6.07) is -0.277. The van der Waals surface area contributed by atoms with Crippen molar-refractivity contribution in [2.45, 2.75) is 72.6 Å². The van der Waals surface area contributed by atoms with Gasteiger partial charge in [0.2, 0.25) is 5.91 Å². The van der Waals surface area contributed by atoms with Crippen molar-refractivity contribution in [1.82, 2.24) is 15.1 Å². The van der Waals surface area contributed by atoms with E-state index in [1.807, 2.05) is 55.4 Å². The summed E-state index contributed by atoms with van der Waals surface area (Å²) in [6.45, 7) is 16.9. The zero-order valence-electron chi connectivity index (χ0n) is 16.3. The molecular weight excluding hydrogens is 294 g/mol. The number of carbonyl (C=O) groups is 2. The number of amides is 2. The van der Waals surface area contributed by atoms with Gasteiger partial charge in [-0.1, -0.05) is 0 Å². The van der Waals surface area contributed by atoms with Crippen LogP contribution in [0.4, 0.5) is 4.79 Å². The lowest BCUT2D eigenvalue weighted by molar-refractivity contribution is -0.131. The first-order valence-electron chi connectivity index (χ1n) is 8.28. The number of hydrogen-bond donors (Lipinski definition) is 1. The van der Waals surface area contributed by atoms with Crippen LogP contribution in [0.1, 0.15) is 55.4 Å². The summed E-state index contributed by atoms with van der Waals surface area (Å²) in [6.07, 6.45) is -0.337. The fraction of sp³-hybridized carbons (Fsp3) is 0.882. The lowest BCUT2D eigenvalue weighted by Crippen LogP contribution is -2.52. The molecule has 0 aromatic heterocycles. The summed E-state index contributed by atoms with van der Waals surface area (Å²) in [5.74, 6) is 0.0482. The van der Waals surface area contributed by atoms with Gasteiger partial charge >= 0.3 is 6.09 Å². The first-order valence-corrected chi connectivity index (χ1v) is 8.28. The number of nitrogens with one attached hydrogen (secondary N) is 1. The van der Waals surface area contributed by atoms with E-state index in [2.05, 4.69) is 5.32 Å². The monoisotopic (exact) mass is 329 g/mol. The van der Waals surface area contributed by atoms with Crippen LogP contribution in [-0.4, -0.2) is 65.7 Å². The minimum Gasteiger partial charge on any atom is -0.444 e. The Morgan fingerprint density at radius 2 is 1.65 bits per heavy atom. The first-order chi connectivity index (χ1) is 10.3. The van der Waals surface area contributed by atoms with E-state index >= 15 is 0 Å². The number of rotatable bonds is 6. The van der Waals surface area contributed by atoms with Crippen molar-refractivity contribution >= 4 is 12.0 Å². The third-order valence-corrected chi connectivity index (χ3v) is 3.43. The molecule has 0 aliphatic heterocycles. The summed E-state index contributed by atoms with van der Waals surface area (Å²) in [7, 11) is 1.78. The van der Waals surface area contributed by atoms with E-state index in [0.29, 0.717) is 19.6 Å². The smallest absolute Gasteiger partial charge is 0.410 e. The molecule has 0 aliphatic rings. The van der Waals surface area contributed by atoms with Crippen LogP contribution in [-0.2, 0) is 9.53 Å². The van der Waals surface area contributed by atoms with Gasteiger partial charge in [-0.25, -0.2) is 4.79 Å². The Bertz CT molecular complexity index is 397. The van der Waals surface area contributed by atoms with E-state index < -0.39 is 5.60 Å². The molecule has 0 aromatic rings. The summed E-state index contributed by atoms with van der Waals surface area (Å²) >= 11 is 0. The van der Waals surface area contributed by atoms with Crippen LogP contribution in [0.25, 0.3) is 0 Å². The van der Waals surface area contributed by atoms with Crippen molar-refractivity contribution in [3.63, 3.8) is 0 Å². The second-order valence-corrected chi connectivity index (χ2v) is 7.83. The molecule has 1 unspecified atom stereocenters. The molecule has 6 nitrogen and oxygen atoms in total. The van der Waals surface area contributed by atoms with Gasteiger partial charge in [0.25, 0.3) is 0 Å². The van der Waals surface area contributed by atoms with Crippen molar-refractivity contribution in [3.05, 3.63) is 0 Å². The van der Waals surface area contributed by atoms with Gasteiger partial charge < -0.3 is 19.9 Å². The number of likely N-dealkylation sites (N-methyl/N-ethyl adjacent to an activating group) is 1. The van der Waals surface area contributed by atoms with Gasteiger partial charge in [-0.3, -0.25) is 4.79 Å². The molecule has 0 heterocycles. The molecule has 0 aromatic carbocycles. The standard InChI is InChI=1S/C17H35N3O3/c1-10-19(9)14(21)13(2)18-11-12-20(16(3,4)5)15(22)23-17(6,7)8/h13,18H,10-12H2,1-9H3. The predicted octanol–water partition coefficient (Wildman–Crippen LogP) is 2.48. The zero-order valence-corrected chi connectivity index (χ0v) is 16.3. The molecule has 1 atom stereocenters. The van der Waals surface area contributed by atoms with Gasteiger partial charge in [-0.15, -0.1) is 0 Å². The molecule has 136 valence electrons. The van der Waals surface area contributed by atoms with Crippen LogP contribution in [0.3, 0.4) is 0 Å². The maximum atomic E-state index is 12.4. The molecule has 0 aliphatic carbocycles. The van der Waals surface area contributed by atoms with Crippen molar-refractivity contribution in [2.75, 3.05) is 26.7 Å². The second kappa shape index (κ2) is 8.52. The Balaban J connectivity index is 4.65. The van der Waals surface area contributed by atoms with E-state index in [4.69, 9.17) is 4.74 Å². The Hall–Kier alpha value is -1.30. The summed E-state index contributed by atoms with van der Waals surface area (Å²) in [4.78, 5) is 27.8. The number of nitrogens with zero attached hydrogens (tertiary/aromatic N) is 2. The van der Waals surface area contributed by atoms with Crippen molar-refractivity contribution in [1.29, 1.82) is 0 Å². The lowest BCUT2D eigenvalue weighted by atomic mass is 10.1. The molecule has 0 saturated carbocycles. The van der Waals surface area contributed by atoms with Crippen molar-refractivity contribution in [2.24, 2.45) is 0 Å². The van der Waals surface area contributed by atoms with E-state index in [9.17, 15) is 9.59 Å². The Kier molecular flexibility index (Phi) is 8.04. The van der Waals surface area contributed by atoms with Crippen LogP contribution in [0, 0.1) is 0 Å². The van der Waals surface area contributed by atoms with Gasteiger partial charge in [0, 0.05) is 32.2 Å². The average molecular weight is 329 g/mol. The van der Waals surface area contributed by atoms with E-state index in [1.165, 1.54) is 0 Å². The Morgan fingerprint density at radius 3 is 2.04 bits per heavy atom. The van der Waals surface area contributed by atoms with Gasteiger partial charge in [-0.2, -0.15) is 0 Å². The molecule has 0 spiro atoms. The average Bonchev–Trinajstić information content (AvgIpc) is 2.37. The molecule has 6 heteroatoms. The van der Waals surface area contributed by atoms with Crippen molar-refractivity contribution in [3.8, 4) is 0 Å². The predicted molar refractivity (Wildman–Crippen MR) is 93.5 cm³/mol. The second-order valence-electron chi connectivity index (χ2n) is 7.83. The minimum atomic E-state index is -0.527. The van der Waals surface area contributed by atoms with Crippen LogP contribution >= 0.6 is 0 Å². The Labute approximate surface area is 141 Å². The van der Waals surface area contributed by atoms with E-state index in [1.54, 1.807) is 16.8 Å². The highest BCUT2D eigenvalue weighted by Gasteiger charge is 2.30. The molecule has 1 N–H and O–H groups in total. The minimum absolute atomic E-state index is 0.0482. The summed E-state index contributed by atoms with van der Waals surface area (Å²) < 4.78 is 5.47. The quantitative estimate of drug-likeness (QED) is 0.813. The zero-order chi connectivity index (χ0) is 18.4. The highest BCUT2D eigenvalue weighted by molar-refractivity contribution is 5.81.